The summed E-state index contributed by atoms with van der Waals surface area (Å²) in [4.78, 5) is 12.2. The van der Waals surface area contributed by atoms with E-state index >= 15 is 0 Å². The molecule has 0 aromatic rings. The molecule has 1 aliphatic carbocycles. The third kappa shape index (κ3) is 1.99. The van der Waals surface area contributed by atoms with Crippen molar-refractivity contribution in [1.29, 1.82) is 0 Å². The van der Waals surface area contributed by atoms with E-state index in [4.69, 9.17) is 18.9 Å². The molecule has 0 bridgehead atoms. The van der Waals surface area contributed by atoms with Crippen LogP contribution in [0.2, 0.25) is 0 Å². The molecule has 1 aliphatic rings. The van der Waals surface area contributed by atoms with Crippen molar-refractivity contribution < 1.29 is 23.7 Å². The van der Waals surface area contributed by atoms with E-state index in [1.807, 2.05) is 27.7 Å². The maximum absolute atomic E-state index is 12.2. The second-order valence-corrected chi connectivity index (χ2v) is 4.10. The third-order valence-electron chi connectivity index (χ3n) is 3.16. The minimum Gasteiger partial charge on any atom is -0.345 e. The molecule has 1 atom stereocenters. The fraction of sp³-hybridized carbons (Fsp3) is 0.923. The summed E-state index contributed by atoms with van der Waals surface area (Å²) < 4.78 is 22.6. The molecule has 0 radical (unpaired) electrons. The minimum atomic E-state index is -1.41. The van der Waals surface area contributed by atoms with Crippen LogP contribution in [-0.4, -0.2) is 43.8 Å². The lowest BCUT2D eigenvalue weighted by Crippen LogP contribution is -2.80. The minimum absolute atomic E-state index is 0.117. The molecule has 0 aliphatic heterocycles. The van der Waals surface area contributed by atoms with Crippen LogP contribution in [0, 0.1) is 5.92 Å². The number of rotatable bonds is 8. The summed E-state index contributed by atoms with van der Waals surface area (Å²) in [5.41, 5.74) is 0. The molecule has 0 N–H and O–H groups in total. The first-order valence-corrected chi connectivity index (χ1v) is 6.66. The highest BCUT2D eigenvalue weighted by Crippen LogP contribution is 2.51. The number of ketones is 1. The molecular formula is C13H24O5. The van der Waals surface area contributed by atoms with Crippen LogP contribution in [0.25, 0.3) is 0 Å². The largest absolute Gasteiger partial charge is 0.345 e. The molecule has 0 heterocycles. The first-order valence-electron chi connectivity index (χ1n) is 6.66. The molecule has 0 aromatic carbocycles. The average Bonchev–Trinajstić information content (AvgIpc) is 2.36. The van der Waals surface area contributed by atoms with Gasteiger partial charge in [-0.1, -0.05) is 0 Å². The molecule has 1 saturated carbocycles. The highest BCUT2D eigenvalue weighted by molar-refractivity contribution is 5.97. The SMILES string of the molecule is CCOC1(OCC)C(=O)C(C)C1(OCC)OCC. The Kier molecular flexibility index (Phi) is 5.28. The van der Waals surface area contributed by atoms with Gasteiger partial charge in [-0.2, -0.15) is 0 Å². The van der Waals surface area contributed by atoms with Crippen molar-refractivity contribution in [2.24, 2.45) is 5.92 Å². The number of hydrogen-bond acceptors (Lipinski definition) is 5. The van der Waals surface area contributed by atoms with Crippen LogP contribution in [0.1, 0.15) is 34.6 Å². The van der Waals surface area contributed by atoms with E-state index in [0.717, 1.165) is 0 Å². The van der Waals surface area contributed by atoms with Gasteiger partial charge in [0.15, 0.2) is 0 Å². The Balaban J connectivity index is 3.12. The van der Waals surface area contributed by atoms with Crippen LogP contribution >= 0.6 is 0 Å². The summed E-state index contributed by atoms with van der Waals surface area (Å²) in [6.45, 7) is 10.7. The molecule has 18 heavy (non-hydrogen) atoms. The molecule has 5 nitrogen and oxygen atoms in total. The van der Waals surface area contributed by atoms with Crippen molar-refractivity contribution >= 4 is 5.78 Å². The second kappa shape index (κ2) is 6.10. The van der Waals surface area contributed by atoms with Gasteiger partial charge in [-0.05, 0) is 34.6 Å². The van der Waals surface area contributed by atoms with Crippen molar-refractivity contribution in [2.75, 3.05) is 26.4 Å². The van der Waals surface area contributed by atoms with E-state index < -0.39 is 17.5 Å². The Bertz CT molecular complexity index is 277. The number of carbonyl (C=O) groups is 1. The van der Waals surface area contributed by atoms with Gasteiger partial charge in [-0.15, -0.1) is 0 Å². The fourth-order valence-corrected chi connectivity index (χ4v) is 2.54. The third-order valence-corrected chi connectivity index (χ3v) is 3.16. The molecule has 0 aromatic heterocycles. The molecule has 1 unspecified atom stereocenters. The lowest BCUT2D eigenvalue weighted by Gasteiger charge is -2.57. The van der Waals surface area contributed by atoms with Crippen LogP contribution < -0.4 is 0 Å². The first kappa shape index (κ1) is 15.6. The molecule has 106 valence electrons. The zero-order chi connectivity index (χ0) is 13.8. The van der Waals surface area contributed by atoms with Gasteiger partial charge in [0.25, 0.3) is 5.79 Å². The van der Waals surface area contributed by atoms with Crippen LogP contribution in [0.5, 0.6) is 0 Å². The Morgan fingerprint density at radius 1 is 0.889 bits per heavy atom. The average molecular weight is 260 g/mol. The number of Topliss-reactive ketones (excluding diaryl/α,β-unsaturated/α-hetero) is 1. The lowest BCUT2D eigenvalue weighted by molar-refractivity contribution is -0.433. The number of ether oxygens (including phenoxy) is 4. The summed E-state index contributed by atoms with van der Waals surface area (Å²) in [6, 6.07) is 0. The molecule has 0 saturated heterocycles. The van der Waals surface area contributed by atoms with Crippen LogP contribution in [0.4, 0.5) is 0 Å². The molecule has 0 spiro atoms. The van der Waals surface area contributed by atoms with Crippen molar-refractivity contribution in [2.45, 2.75) is 46.2 Å². The van der Waals surface area contributed by atoms with Gasteiger partial charge in [0.05, 0.1) is 5.92 Å². The van der Waals surface area contributed by atoms with Crippen LogP contribution in [0.3, 0.4) is 0 Å². The topological polar surface area (TPSA) is 54.0 Å². The molecule has 5 heteroatoms. The second-order valence-electron chi connectivity index (χ2n) is 4.10. The van der Waals surface area contributed by atoms with Crippen molar-refractivity contribution in [3.05, 3.63) is 0 Å². The zero-order valence-electron chi connectivity index (χ0n) is 11.9. The smallest absolute Gasteiger partial charge is 0.286 e. The van der Waals surface area contributed by atoms with Gasteiger partial charge >= 0.3 is 0 Å². The summed E-state index contributed by atoms with van der Waals surface area (Å²) in [5.74, 6) is -3.05. The molecule has 1 rings (SSSR count). The Morgan fingerprint density at radius 3 is 1.61 bits per heavy atom. The van der Waals surface area contributed by atoms with Gasteiger partial charge in [-0.3, -0.25) is 4.79 Å². The van der Waals surface area contributed by atoms with Crippen LogP contribution in [0.15, 0.2) is 0 Å². The molecular weight excluding hydrogens is 236 g/mol. The Labute approximate surface area is 109 Å². The standard InChI is InChI=1S/C13H24O5/c1-6-15-12(16-7-2)10(5)11(14)13(12,17-8-3)18-9-4/h10H,6-9H2,1-5H3. The van der Waals surface area contributed by atoms with E-state index in [1.54, 1.807) is 6.92 Å². The van der Waals surface area contributed by atoms with Gasteiger partial charge in [0.1, 0.15) is 0 Å². The maximum Gasteiger partial charge on any atom is 0.286 e. The number of hydrogen-bond donors (Lipinski definition) is 0. The highest BCUT2D eigenvalue weighted by atomic mass is 16.8. The van der Waals surface area contributed by atoms with E-state index in [2.05, 4.69) is 0 Å². The Morgan fingerprint density at radius 2 is 1.28 bits per heavy atom. The fourth-order valence-electron chi connectivity index (χ4n) is 2.54. The molecule has 0 amide bonds. The van der Waals surface area contributed by atoms with E-state index in [9.17, 15) is 4.79 Å². The zero-order valence-corrected chi connectivity index (χ0v) is 11.9. The van der Waals surface area contributed by atoms with E-state index in [0.29, 0.717) is 26.4 Å². The maximum atomic E-state index is 12.2. The summed E-state index contributed by atoms with van der Waals surface area (Å²) in [7, 11) is 0. The summed E-state index contributed by atoms with van der Waals surface area (Å²) in [5, 5.41) is 0. The van der Waals surface area contributed by atoms with Crippen LogP contribution in [-0.2, 0) is 23.7 Å². The summed E-state index contributed by atoms with van der Waals surface area (Å²) in [6.07, 6.45) is 0. The van der Waals surface area contributed by atoms with Gasteiger partial charge in [0.2, 0.25) is 11.6 Å². The van der Waals surface area contributed by atoms with E-state index in [-0.39, 0.29) is 5.78 Å². The monoisotopic (exact) mass is 260 g/mol. The predicted octanol–water partition coefficient (Wildman–Crippen LogP) is 1.74. The normalized spacial score (nSPS) is 24.9. The van der Waals surface area contributed by atoms with E-state index in [1.165, 1.54) is 0 Å². The first-order chi connectivity index (χ1) is 8.56. The number of carbonyl (C=O) groups excluding carboxylic acids is 1. The lowest BCUT2D eigenvalue weighted by atomic mass is 9.70. The van der Waals surface area contributed by atoms with Gasteiger partial charge in [0, 0.05) is 26.4 Å². The van der Waals surface area contributed by atoms with Crippen molar-refractivity contribution in [3.8, 4) is 0 Å². The van der Waals surface area contributed by atoms with Crippen molar-refractivity contribution in [1.82, 2.24) is 0 Å². The van der Waals surface area contributed by atoms with Gasteiger partial charge in [-0.25, -0.2) is 0 Å². The predicted molar refractivity (Wildman–Crippen MR) is 66.1 cm³/mol. The van der Waals surface area contributed by atoms with Crippen molar-refractivity contribution in [3.63, 3.8) is 0 Å². The Hall–Kier alpha value is -0.490. The highest BCUT2D eigenvalue weighted by Gasteiger charge is 2.76. The molecule has 1 fully saturated rings. The quantitative estimate of drug-likeness (QED) is 0.622. The van der Waals surface area contributed by atoms with Gasteiger partial charge < -0.3 is 18.9 Å². The summed E-state index contributed by atoms with van der Waals surface area (Å²) >= 11 is 0.